The summed E-state index contributed by atoms with van der Waals surface area (Å²) in [5.41, 5.74) is 0.0364. The number of carboxylic acid groups (broad SMARTS) is 1. The molecule has 2 N–H and O–H groups in total. The molecule has 0 unspecified atom stereocenters. The zero-order chi connectivity index (χ0) is 21.4. The van der Waals surface area contributed by atoms with Crippen molar-refractivity contribution in [2.24, 2.45) is 5.92 Å². The van der Waals surface area contributed by atoms with Gasteiger partial charge in [0.25, 0.3) is 5.91 Å². The van der Waals surface area contributed by atoms with Gasteiger partial charge >= 0.3 is 5.97 Å². The number of amides is 1. The van der Waals surface area contributed by atoms with Crippen LogP contribution in [-0.4, -0.2) is 23.1 Å². The van der Waals surface area contributed by atoms with Crippen LogP contribution in [0.25, 0.3) is 11.0 Å². The maximum atomic E-state index is 12.7. The summed E-state index contributed by atoms with van der Waals surface area (Å²) >= 11 is 12.1. The molecule has 1 heterocycles. The van der Waals surface area contributed by atoms with E-state index in [1.165, 1.54) is 6.07 Å². The van der Waals surface area contributed by atoms with Gasteiger partial charge < -0.3 is 19.6 Å². The van der Waals surface area contributed by atoms with Crippen LogP contribution in [0.4, 0.5) is 5.69 Å². The van der Waals surface area contributed by atoms with Crippen LogP contribution in [0, 0.1) is 5.92 Å². The van der Waals surface area contributed by atoms with E-state index in [1.807, 2.05) is 0 Å². The fraction of sp³-hybridized carbons (Fsp3) is 0.190. The fourth-order valence-corrected chi connectivity index (χ4v) is 3.55. The second-order valence-electron chi connectivity index (χ2n) is 6.93. The van der Waals surface area contributed by atoms with Crippen LogP contribution in [0.1, 0.15) is 23.4 Å². The SMILES string of the molecule is O=C(Nc1ccc(Cl)cc1OC1CC(C(=O)O)C1)c1cc(=O)c2cccc(Cl)c2o1. The third-order valence-electron chi connectivity index (χ3n) is 4.86. The third kappa shape index (κ3) is 3.99. The third-order valence-corrected chi connectivity index (χ3v) is 5.39. The summed E-state index contributed by atoms with van der Waals surface area (Å²) in [7, 11) is 0. The van der Waals surface area contributed by atoms with Crippen molar-refractivity contribution in [3.8, 4) is 5.75 Å². The van der Waals surface area contributed by atoms with E-state index in [9.17, 15) is 14.4 Å². The Morgan fingerprint density at radius 3 is 2.63 bits per heavy atom. The normalized spacial score (nSPS) is 17.9. The molecule has 0 atom stereocenters. The first-order chi connectivity index (χ1) is 14.3. The van der Waals surface area contributed by atoms with Gasteiger partial charge in [0.05, 0.1) is 22.0 Å². The summed E-state index contributed by atoms with van der Waals surface area (Å²) in [5, 5.41) is 12.5. The number of halogens is 2. The number of anilines is 1. The first-order valence-electron chi connectivity index (χ1n) is 9.04. The minimum atomic E-state index is -0.862. The predicted molar refractivity (Wildman–Crippen MR) is 112 cm³/mol. The number of carbonyl (C=O) groups is 2. The monoisotopic (exact) mass is 447 g/mol. The van der Waals surface area contributed by atoms with E-state index < -0.39 is 23.2 Å². The average Bonchev–Trinajstić information content (AvgIpc) is 2.66. The second-order valence-corrected chi connectivity index (χ2v) is 7.78. The summed E-state index contributed by atoms with van der Waals surface area (Å²) in [6.45, 7) is 0. The Kier molecular flexibility index (Phi) is 5.40. The Morgan fingerprint density at radius 1 is 1.13 bits per heavy atom. The molecule has 4 rings (SSSR count). The van der Waals surface area contributed by atoms with Gasteiger partial charge in [0, 0.05) is 17.2 Å². The van der Waals surface area contributed by atoms with Crippen LogP contribution >= 0.6 is 23.2 Å². The number of aliphatic carboxylic acids is 1. The highest BCUT2D eigenvalue weighted by atomic mass is 35.5. The van der Waals surface area contributed by atoms with Crippen molar-refractivity contribution in [3.63, 3.8) is 0 Å². The van der Waals surface area contributed by atoms with Crippen molar-refractivity contribution in [2.45, 2.75) is 18.9 Å². The lowest BCUT2D eigenvalue weighted by Gasteiger charge is -2.33. The summed E-state index contributed by atoms with van der Waals surface area (Å²) < 4.78 is 11.4. The minimum absolute atomic E-state index is 0.124. The number of nitrogens with one attached hydrogen (secondary N) is 1. The molecule has 154 valence electrons. The van der Waals surface area contributed by atoms with Gasteiger partial charge in [-0.2, -0.15) is 0 Å². The van der Waals surface area contributed by atoms with Gasteiger partial charge in [-0.3, -0.25) is 14.4 Å². The van der Waals surface area contributed by atoms with Crippen molar-refractivity contribution in [1.82, 2.24) is 0 Å². The number of carboxylic acids is 1. The number of rotatable bonds is 5. The average molecular weight is 448 g/mol. The predicted octanol–water partition coefficient (Wildman–Crippen LogP) is 4.59. The van der Waals surface area contributed by atoms with E-state index >= 15 is 0 Å². The molecule has 1 saturated carbocycles. The lowest BCUT2D eigenvalue weighted by atomic mass is 9.82. The van der Waals surface area contributed by atoms with Gasteiger partial charge in [0.2, 0.25) is 0 Å². The Labute approximate surface area is 180 Å². The van der Waals surface area contributed by atoms with E-state index in [0.717, 1.165) is 6.07 Å². The highest BCUT2D eigenvalue weighted by molar-refractivity contribution is 6.34. The Bertz CT molecular complexity index is 1220. The summed E-state index contributed by atoms with van der Waals surface area (Å²) in [6, 6.07) is 10.5. The van der Waals surface area contributed by atoms with E-state index in [-0.39, 0.29) is 27.9 Å². The summed E-state index contributed by atoms with van der Waals surface area (Å²) in [6.07, 6.45) is 0.443. The molecule has 0 bridgehead atoms. The largest absolute Gasteiger partial charge is 0.488 e. The van der Waals surface area contributed by atoms with Crippen molar-refractivity contribution in [2.75, 3.05) is 5.32 Å². The number of ether oxygens (including phenoxy) is 1. The highest BCUT2D eigenvalue weighted by Crippen LogP contribution is 2.36. The molecule has 1 aromatic heterocycles. The molecular formula is C21H15Cl2NO6. The number of hydrogen-bond acceptors (Lipinski definition) is 5. The molecule has 30 heavy (non-hydrogen) atoms. The molecule has 1 aliphatic rings. The Balaban J connectivity index is 1.58. The molecule has 0 spiro atoms. The van der Waals surface area contributed by atoms with Gasteiger partial charge in [-0.15, -0.1) is 0 Å². The molecule has 3 aromatic rings. The molecule has 0 aliphatic heterocycles. The van der Waals surface area contributed by atoms with Gasteiger partial charge in [-0.25, -0.2) is 0 Å². The maximum absolute atomic E-state index is 12.7. The maximum Gasteiger partial charge on any atom is 0.306 e. The first-order valence-corrected chi connectivity index (χ1v) is 9.80. The molecule has 9 heteroatoms. The number of benzene rings is 2. The van der Waals surface area contributed by atoms with Crippen molar-refractivity contribution >= 4 is 51.7 Å². The lowest BCUT2D eigenvalue weighted by Crippen LogP contribution is -2.38. The zero-order valence-electron chi connectivity index (χ0n) is 15.4. The van der Waals surface area contributed by atoms with E-state index in [4.69, 9.17) is 37.5 Å². The van der Waals surface area contributed by atoms with E-state index in [1.54, 1.807) is 30.3 Å². The first kappa shape index (κ1) is 20.3. The second kappa shape index (κ2) is 8.01. The number of carbonyl (C=O) groups excluding carboxylic acids is 1. The molecule has 1 aliphatic carbocycles. The molecule has 0 radical (unpaired) electrons. The van der Waals surface area contributed by atoms with Crippen LogP contribution in [-0.2, 0) is 4.79 Å². The van der Waals surface area contributed by atoms with Gasteiger partial charge in [-0.1, -0.05) is 29.3 Å². The van der Waals surface area contributed by atoms with Gasteiger partial charge in [-0.05, 0) is 37.1 Å². The number of fused-ring (bicyclic) bond motifs is 1. The van der Waals surface area contributed by atoms with Crippen molar-refractivity contribution in [3.05, 3.63) is 68.5 Å². The Morgan fingerprint density at radius 2 is 1.90 bits per heavy atom. The molecular weight excluding hydrogens is 433 g/mol. The summed E-state index contributed by atoms with van der Waals surface area (Å²) in [4.78, 5) is 36.0. The number of hydrogen-bond donors (Lipinski definition) is 2. The standard InChI is InChI=1S/C21H15Cl2NO6/c22-11-4-5-15(17(8-11)29-12-6-10(7-12)21(27)28)24-20(26)18-9-16(25)13-2-1-3-14(23)19(13)30-18/h1-5,8-10,12H,6-7H2,(H,24,26)(H,27,28). The van der Waals surface area contributed by atoms with E-state index in [0.29, 0.717) is 29.3 Å². The molecule has 1 fully saturated rings. The van der Waals surface area contributed by atoms with Crippen LogP contribution < -0.4 is 15.5 Å². The topological polar surface area (TPSA) is 106 Å². The van der Waals surface area contributed by atoms with Crippen LogP contribution in [0.2, 0.25) is 10.0 Å². The van der Waals surface area contributed by atoms with Crippen LogP contribution in [0.5, 0.6) is 5.75 Å². The molecule has 1 amide bonds. The van der Waals surface area contributed by atoms with Crippen molar-refractivity contribution in [1.29, 1.82) is 0 Å². The van der Waals surface area contributed by atoms with Gasteiger partial charge in [0.15, 0.2) is 16.8 Å². The molecule has 7 nitrogen and oxygen atoms in total. The zero-order valence-corrected chi connectivity index (χ0v) is 16.9. The molecule has 2 aromatic carbocycles. The number of para-hydroxylation sites is 1. The van der Waals surface area contributed by atoms with E-state index in [2.05, 4.69) is 5.32 Å². The minimum Gasteiger partial charge on any atom is -0.488 e. The fourth-order valence-electron chi connectivity index (χ4n) is 3.18. The Hall–Kier alpha value is -3.03. The molecule has 0 saturated heterocycles. The quantitative estimate of drug-likeness (QED) is 0.591. The van der Waals surface area contributed by atoms with Gasteiger partial charge in [0.1, 0.15) is 11.9 Å². The van der Waals surface area contributed by atoms with Crippen LogP contribution in [0.3, 0.4) is 0 Å². The summed E-state index contributed by atoms with van der Waals surface area (Å²) in [5.74, 6) is -1.89. The smallest absolute Gasteiger partial charge is 0.306 e. The van der Waals surface area contributed by atoms with Crippen molar-refractivity contribution < 1.29 is 23.8 Å². The van der Waals surface area contributed by atoms with Crippen LogP contribution in [0.15, 0.2) is 51.7 Å². The lowest BCUT2D eigenvalue weighted by molar-refractivity contribution is -0.147. The highest BCUT2D eigenvalue weighted by Gasteiger charge is 2.36.